The zero-order chi connectivity index (χ0) is 14.0. The minimum absolute atomic E-state index is 0.156. The van der Waals surface area contributed by atoms with Gasteiger partial charge in [0.1, 0.15) is 0 Å². The van der Waals surface area contributed by atoms with Crippen LogP contribution in [0.2, 0.25) is 0 Å². The second-order valence-electron chi connectivity index (χ2n) is 6.17. The fourth-order valence-electron chi connectivity index (χ4n) is 2.46. The molecule has 0 aliphatic carbocycles. The summed E-state index contributed by atoms with van der Waals surface area (Å²) in [6, 6.07) is 0. The van der Waals surface area contributed by atoms with Crippen molar-refractivity contribution in [2.75, 3.05) is 39.3 Å². The molecule has 0 saturated heterocycles. The summed E-state index contributed by atoms with van der Waals surface area (Å²) in [6.07, 6.45) is 4.57. The van der Waals surface area contributed by atoms with Gasteiger partial charge in [-0.3, -0.25) is 4.99 Å². The summed E-state index contributed by atoms with van der Waals surface area (Å²) >= 11 is 0. The largest absolute Gasteiger partial charge is 0.317 e. The maximum Gasteiger partial charge on any atom is 0.0400 e. The third-order valence-electron chi connectivity index (χ3n) is 3.43. The maximum atomic E-state index is 4.67. The number of hydrogen-bond acceptors (Lipinski definition) is 4. The topological polar surface area (TPSA) is 48.5 Å². The number of hydrogen-bond donors (Lipinski definition) is 3. The summed E-state index contributed by atoms with van der Waals surface area (Å²) in [5, 5.41) is 10.6. The van der Waals surface area contributed by atoms with Crippen LogP contribution in [0.3, 0.4) is 0 Å². The molecule has 0 saturated carbocycles. The van der Waals surface area contributed by atoms with Gasteiger partial charge in [0.05, 0.1) is 0 Å². The second-order valence-corrected chi connectivity index (χ2v) is 6.17. The van der Waals surface area contributed by atoms with Gasteiger partial charge < -0.3 is 16.0 Å². The fraction of sp³-hybridized carbons (Fsp3) is 0.933. The molecule has 1 rings (SSSR count). The Balaban J connectivity index is 2.40. The molecule has 3 N–H and O–H groups in total. The molecule has 0 bridgehead atoms. The van der Waals surface area contributed by atoms with E-state index in [1.165, 1.54) is 18.6 Å². The van der Waals surface area contributed by atoms with E-state index >= 15 is 0 Å². The van der Waals surface area contributed by atoms with Crippen LogP contribution < -0.4 is 16.0 Å². The van der Waals surface area contributed by atoms with Crippen LogP contribution in [0.5, 0.6) is 0 Å². The molecule has 0 radical (unpaired) electrons. The standard InChI is InChI=1S/C15H32N4/c1-14-13-15(2,3)19-12-6-10-17-8-4-7-16-9-5-11-18-14/h16-17,19H,4-13H2,1-3H3. The predicted molar refractivity (Wildman–Crippen MR) is 84.3 cm³/mol. The van der Waals surface area contributed by atoms with Gasteiger partial charge >= 0.3 is 0 Å². The molecule has 0 fully saturated rings. The van der Waals surface area contributed by atoms with Gasteiger partial charge in [0.25, 0.3) is 0 Å². The van der Waals surface area contributed by atoms with E-state index in [-0.39, 0.29) is 5.54 Å². The highest BCUT2D eigenvalue weighted by molar-refractivity contribution is 5.82. The van der Waals surface area contributed by atoms with E-state index in [2.05, 4.69) is 41.7 Å². The molecule has 0 unspecified atom stereocenters. The zero-order valence-electron chi connectivity index (χ0n) is 13.0. The lowest BCUT2D eigenvalue weighted by Gasteiger charge is -2.26. The van der Waals surface area contributed by atoms with E-state index in [0.717, 1.165) is 52.1 Å². The highest BCUT2D eigenvalue weighted by Gasteiger charge is 2.17. The van der Waals surface area contributed by atoms with Crippen molar-refractivity contribution in [1.82, 2.24) is 16.0 Å². The van der Waals surface area contributed by atoms with Gasteiger partial charge in [-0.25, -0.2) is 0 Å². The van der Waals surface area contributed by atoms with Crippen molar-refractivity contribution < 1.29 is 0 Å². The summed E-state index contributed by atoms with van der Waals surface area (Å²) < 4.78 is 0. The summed E-state index contributed by atoms with van der Waals surface area (Å²) in [4.78, 5) is 4.67. The Labute approximate surface area is 118 Å². The second kappa shape index (κ2) is 9.45. The predicted octanol–water partition coefficient (Wildman–Crippen LogP) is 1.57. The van der Waals surface area contributed by atoms with Crippen molar-refractivity contribution in [3.8, 4) is 0 Å². The molecular formula is C15H32N4. The van der Waals surface area contributed by atoms with Crippen LogP contribution in [0.15, 0.2) is 4.99 Å². The summed E-state index contributed by atoms with van der Waals surface area (Å²) in [7, 11) is 0. The lowest BCUT2D eigenvalue weighted by Crippen LogP contribution is -2.42. The molecule has 4 nitrogen and oxygen atoms in total. The quantitative estimate of drug-likeness (QED) is 0.625. The SMILES string of the molecule is CC1=NCCCNCCCNCCCNC(C)(C)C1. The molecule has 4 heteroatoms. The molecule has 1 heterocycles. The Morgan fingerprint density at radius 1 is 0.895 bits per heavy atom. The van der Waals surface area contributed by atoms with E-state index in [9.17, 15) is 0 Å². The van der Waals surface area contributed by atoms with E-state index in [4.69, 9.17) is 0 Å². The summed E-state index contributed by atoms with van der Waals surface area (Å²) in [6.45, 7) is 13.1. The minimum Gasteiger partial charge on any atom is -0.317 e. The summed E-state index contributed by atoms with van der Waals surface area (Å²) in [5.74, 6) is 0. The number of nitrogens with zero attached hydrogens (tertiary/aromatic N) is 1. The van der Waals surface area contributed by atoms with E-state index in [1.807, 2.05) is 0 Å². The Bertz CT molecular complexity index is 261. The third kappa shape index (κ3) is 9.14. The monoisotopic (exact) mass is 268 g/mol. The van der Waals surface area contributed by atoms with Crippen LogP contribution >= 0.6 is 0 Å². The molecule has 0 aromatic heterocycles. The fourth-order valence-corrected chi connectivity index (χ4v) is 2.46. The molecule has 0 spiro atoms. The Morgan fingerprint density at radius 3 is 2.16 bits per heavy atom. The molecule has 19 heavy (non-hydrogen) atoms. The van der Waals surface area contributed by atoms with Crippen molar-refractivity contribution in [2.45, 2.75) is 52.0 Å². The van der Waals surface area contributed by atoms with Gasteiger partial charge in [-0.05, 0) is 72.8 Å². The zero-order valence-corrected chi connectivity index (χ0v) is 13.0. The minimum atomic E-state index is 0.156. The van der Waals surface area contributed by atoms with Crippen molar-refractivity contribution in [2.24, 2.45) is 4.99 Å². The molecule has 0 aromatic rings. The first-order chi connectivity index (χ1) is 9.10. The first kappa shape index (κ1) is 16.6. The van der Waals surface area contributed by atoms with Gasteiger partial charge in [-0.2, -0.15) is 0 Å². The van der Waals surface area contributed by atoms with Crippen LogP contribution in [0.25, 0.3) is 0 Å². The summed E-state index contributed by atoms with van der Waals surface area (Å²) in [5.41, 5.74) is 1.42. The highest BCUT2D eigenvalue weighted by atomic mass is 15.0. The van der Waals surface area contributed by atoms with Crippen molar-refractivity contribution in [3.05, 3.63) is 0 Å². The van der Waals surface area contributed by atoms with E-state index in [1.54, 1.807) is 0 Å². The Kier molecular flexibility index (Phi) is 8.26. The first-order valence-electron chi connectivity index (χ1n) is 7.76. The molecule has 0 amide bonds. The lowest BCUT2D eigenvalue weighted by atomic mass is 9.97. The average molecular weight is 268 g/mol. The van der Waals surface area contributed by atoms with Crippen LogP contribution in [0.4, 0.5) is 0 Å². The van der Waals surface area contributed by atoms with Crippen molar-refractivity contribution in [1.29, 1.82) is 0 Å². The number of aliphatic imine (C=N–C) groups is 1. The van der Waals surface area contributed by atoms with Gasteiger partial charge in [-0.15, -0.1) is 0 Å². The van der Waals surface area contributed by atoms with Crippen LogP contribution in [0.1, 0.15) is 46.5 Å². The van der Waals surface area contributed by atoms with Crippen LogP contribution in [-0.4, -0.2) is 50.5 Å². The smallest absolute Gasteiger partial charge is 0.0400 e. The Morgan fingerprint density at radius 2 is 1.47 bits per heavy atom. The maximum absolute atomic E-state index is 4.67. The van der Waals surface area contributed by atoms with E-state index in [0.29, 0.717) is 0 Å². The molecule has 1 aliphatic rings. The molecule has 0 aromatic carbocycles. The number of rotatable bonds is 0. The molecule has 1 aliphatic heterocycles. The average Bonchev–Trinajstić information content (AvgIpc) is 2.33. The first-order valence-corrected chi connectivity index (χ1v) is 7.76. The van der Waals surface area contributed by atoms with Crippen molar-refractivity contribution >= 4 is 5.71 Å². The molecular weight excluding hydrogens is 236 g/mol. The Hall–Kier alpha value is -0.450. The molecule has 0 atom stereocenters. The van der Waals surface area contributed by atoms with Gasteiger partial charge in [-0.1, -0.05) is 0 Å². The lowest BCUT2D eigenvalue weighted by molar-refractivity contribution is 0.395. The molecule has 112 valence electrons. The van der Waals surface area contributed by atoms with Crippen LogP contribution in [0, 0.1) is 0 Å². The van der Waals surface area contributed by atoms with Gasteiger partial charge in [0.15, 0.2) is 0 Å². The number of nitrogens with one attached hydrogen (secondary N) is 3. The van der Waals surface area contributed by atoms with Crippen LogP contribution in [-0.2, 0) is 0 Å². The normalized spacial score (nSPS) is 24.7. The van der Waals surface area contributed by atoms with Crippen molar-refractivity contribution in [3.63, 3.8) is 0 Å². The van der Waals surface area contributed by atoms with Gasteiger partial charge in [0, 0.05) is 24.2 Å². The third-order valence-corrected chi connectivity index (χ3v) is 3.43. The van der Waals surface area contributed by atoms with E-state index < -0.39 is 0 Å². The van der Waals surface area contributed by atoms with Gasteiger partial charge in [0.2, 0.25) is 0 Å². The highest BCUT2D eigenvalue weighted by Crippen LogP contribution is 2.09.